The van der Waals surface area contributed by atoms with Gasteiger partial charge in [0.15, 0.2) is 0 Å². The number of methoxy groups -OCH3 is 1. The topological polar surface area (TPSA) is 49.4 Å². The Balaban J connectivity index is 2.90. The third kappa shape index (κ3) is 13.4. The third-order valence-electron chi connectivity index (χ3n) is 2.73. The average Bonchev–Trinajstić information content (AvgIpc) is 2.25. The number of carbonyl (C=O) groups excluding carboxylic acids is 1. The Hall–Kier alpha value is -0.570. The lowest BCUT2D eigenvalue weighted by Crippen LogP contribution is -2.21. The van der Waals surface area contributed by atoms with Crippen LogP contribution in [0.2, 0.25) is 0 Å². The van der Waals surface area contributed by atoms with E-state index in [2.05, 4.69) is 0 Å². The van der Waals surface area contributed by atoms with E-state index in [9.17, 15) is 9.90 Å². The molecule has 96 valence electrons. The molecule has 0 fully saturated rings. The summed E-state index contributed by atoms with van der Waals surface area (Å²) in [5, 5.41) is 10.1. The van der Waals surface area contributed by atoms with E-state index in [4.69, 9.17) is 4.74 Å². The molecule has 0 atom stereocenters. The Labute approximate surface area is 99.2 Å². The van der Waals surface area contributed by atoms with Gasteiger partial charge in [0.05, 0.1) is 0 Å². The highest BCUT2D eigenvalue weighted by Gasteiger charge is 1.93. The summed E-state index contributed by atoms with van der Waals surface area (Å²) in [4.78, 5) is 10.1. The molecule has 16 heavy (non-hydrogen) atoms. The van der Waals surface area contributed by atoms with Crippen LogP contribution >= 0.6 is 0 Å². The molecule has 0 spiro atoms. The number of hydrogen-bond donors (Lipinski definition) is 0. The highest BCUT2D eigenvalue weighted by atomic mass is 16.5. The fraction of sp³-hybridized carbons (Fsp3) is 0.923. The van der Waals surface area contributed by atoms with Crippen molar-refractivity contribution in [3.05, 3.63) is 0 Å². The molecule has 0 saturated heterocycles. The normalized spacial score (nSPS) is 10.6. The largest absolute Gasteiger partial charge is 0.550 e. The minimum Gasteiger partial charge on any atom is -0.550 e. The van der Waals surface area contributed by atoms with Crippen molar-refractivity contribution in [2.45, 2.75) is 64.2 Å². The molecule has 0 heterocycles. The Bertz CT molecular complexity index is 157. The SMILES string of the molecule is COCCCCCCCCCCCC(=O)[O-]. The Morgan fingerprint density at radius 1 is 0.875 bits per heavy atom. The second kappa shape index (κ2) is 12.5. The number of carbonyl (C=O) groups is 1. The fourth-order valence-corrected chi connectivity index (χ4v) is 1.75. The van der Waals surface area contributed by atoms with Crippen molar-refractivity contribution in [3.63, 3.8) is 0 Å². The predicted molar refractivity (Wildman–Crippen MR) is 63.1 cm³/mol. The minimum atomic E-state index is -0.918. The van der Waals surface area contributed by atoms with Crippen molar-refractivity contribution in [1.82, 2.24) is 0 Å². The first-order valence-corrected chi connectivity index (χ1v) is 6.46. The van der Waals surface area contributed by atoms with Gasteiger partial charge in [0.1, 0.15) is 0 Å². The zero-order valence-electron chi connectivity index (χ0n) is 10.5. The van der Waals surface area contributed by atoms with Crippen LogP contribution in [-0.4, -0.2) is 19.7 Å². The maximum absolute atomic E-state index is 10.1. The summed E-state index contributed by atoms with van der Waals surface area (Å²) in [6.07, 6.45) is 10.7. The van der Waals surface area contributed by atoms with Crippen molar-refractivity contribution in [1.29, 1.82) is 0 Å². The quantitative estimate of drug-likeness (QED) is 0.482. The van der Waals surface area contributed by atoms with Crippen LogP contribution in [0.25, 0.3) is 0 Å². The number of rotatable bonds is 12. The lowest BCUT2D eigenvalue weighted by atomic mass is 10.1. The molecule has 0 aliphatic carbocycles. The highest BCUT2D eigenvalue weighted by Crippen LogP contribution is 2.10. The number of unbranched alkanes of at least 4 members (excludes halogenated alkanes) is 8. The molecule has 0 saturated carbocycles. The second-order valence-corrected chi connectivity index (χ2v) is 4.30. The zero-order valence-corrected chi connectivity index (χ0v) is 10.5. The van der Waals surface area contributed by atoms with Gasteiger partial charge in [0.2, 0.25) is 0 Å². The summed E-state index contributed by atoms with van der Waals surface area (Å²) in [5.74, 6) is -0.918. The smallest absolute Gasteiger partial charge is 0.0462 e. The van der Waals surface area contributed by atoms with E-state index < -0.39 is 5.97 Å². The van der Waals surface area contributed by atoms with Crippen molar-refractivity contribution < 1.29 is 14.6 Å². The van der Waals surface area contributed by atoms with E-state index >= 15 is 0 Å². The van der Waals surface area contributed by atoms with Gasteiger partial charge < -0.3 is 14.6 Å². The first-order chi connectivity index (χ1) is 7.77. The molecule has 0 aliphatic heterocycles. The van der Waals surface area contributed by atoms with Crippen LogP contribution in [0.1, 0.15) is 64.2 Å². The van der Waals surface area contributed by atoms with E-state index in [1.807, 2.05) is 0 Å². The lowest BCUT2D eigenvalue weighted by Gasteiger charge is -2.03. The van der Waals surface area contributed by atoms with E-state index in [-0.39, 0.29) is 6.42 Å². The number of carboxylic acid groups (broad SMARTS) is 1. The third-order valence-corrected chi connectivity index (χ3v) is 2.73. The maximum Gasteiger partial charge on any atom is 0.0462 e. The first kappa shape index (κ1) is 15.4. The summed E-state index contributed by atoms with van der Waals surface area (Å²) >= 11 is 0. The summed E-state index contributed by atoms with van der Waals surface area (Å²) in [5.41, 5.74) is 0. The molecular formula is C13H25O3-. The molecule has 3 nitrogen and oxygen atoms in total. The molecule has 0 rings (SSSR count). The van der Waals surface area contributed by atoms with Gasteiger partial charge in [-0.2, -0.15) is 0 Å². The summed E-state index contributed by atoms with van der Waals surface area (Å²) in [6, 6.07) is 0. The van der Waals surface area contributed by atoms with Crippen LogP contribution in [0.4, 0.5) is 0 Å². The van der Waals surface area contributed by atoms with Crippen molar-refractivity contribution in [3.8, 4) is 0 Å². The molecule has 0 unspecified atom stereocenters. The van der Waals surface area contributed by atoms with Crippen LogP contribution in [-0.2, 0) is 9.53 Å². The van der Waals surface area contributed by atoms with Gasteiger partial charge in [-0.3, -0.25) is 0 Å². The molecule has 0 radical (unpaired) electrons. The Kier molecular flexibility index (Phi) is 12.1. The molecule has 0 N–H and O–H groups in total. The maximum atomic E-state index is 10.1. The van der Waals surface area contributed by atoms with Gasteiger partial charge in [-0.25, -0.2) is 0 Å². The van der Waals surface area contributed by atoms with Crippen LogP contribution in [0.15, 0.2) is 0 Å². The van der Waals surface area contributed by atoms with E-state index in [0.717, 1.165) is 25.9 Å². The number of hydrogen-bond acceptors (Lipinski definition) is 3. The standard InChI is InChI=1S/C13H26O3/c1-16-12-10-8-6-4-2-3-5-7-9-11-13(14)15/h2-12H2,1H3,(H,14,15)/p-1. The van der Waals surface area contributed by atoms with Gasteiger partial charge in [-0.05, 0) is 19.3 Å². The number of ether oxygens (including phenoxy) is 1. The van der Waals surface area contributed by atoms with Gasteiger partial charge in [-0.1, -0.05) is 44.9 Å². The monoisotopic (exact) mass is 229 g/mol. The summed E-state index contributed by atoms with van der Waals surface area (Å²) in [6.45, 7) is 0.878. The van der Waals surface area contributed by atoms with Gasteiger partial charge >= 0.3 is 0 Å². The van der Waals surface area contributed by atoms with E-state index in [1.165, 1.54) is 38.5 Å². The predicted octanol–water partition coefficient (Wildman–Crippen LogP) is 2.28. The van der Waals surface area contributed by atoms with E-state index in [1.54, 1.807) is 7.11 Å². The number of aliphatic carboxylic acids is 1. The molecule has 3 heteroatoms. The van der Waals surface area contributed by atoms with Crippen LogP contribution < -0.4 is 5.11 Å². The van der Waals surface area contributed by atoms with Gasteiger partial charge in [-0.15, -0.1) is 0 Å². The van der Waals surface area contributed by atoms with Crippen molar-refractivity contribution in [2.24, 2.45) is 0 Å². The highest BCUT2D eigenvalue weighted by molar-refractivity contribution is 5.63. The number of carboxylic acids is 1. The Morgan fingerprint density at radius 3 is 1.75 bits per heavy atom. The van der Waals surface area contributed by atoms with Gasteiger partial charge in [0.25, 0.3) is 0 Å². The average molecular weight is 229 g/mol. The first-order valence-electron chi connectivity index (χ1n) is 6.46. The Morgan fingerprint density at radius 2 is 1.31 bits per heavy atom. The van der Waals surface area contributed by atoms with Crippen LogP contribution in [0.3, 0.4) is 0 Å². The zero-order chi connectivity index (χ0) is 12.1. The second-order valence-electron chi connectivity index (χ2n) is 4.30. The molecule has 0 aliphatic rings. The molecule has 0 aromatic heterocycles. The van der Waals surface area contributed by atoms with Crippen molar-refractivity contribution in [2.75, 3.05) is 13.7 Å². The lowest BCUT2D eigenvalue weighted by molar-refractivity contribution is -0.305. The van der Waals surface area contributed by atoms with Gasteiger partial charge in [0, 0.05) is 19.7 Å². The summed E-state index contributed by atoms with van der Waals surface area (Å²) in [7, 11) is 1.74. The summed E-state index contributed by atoms with van der Waals surface area (Å²) < 4.78 is 4.98. The van der Waals surface area contributed by atoms with E-state index in [0.29, 0.717) is 0 Å². The van der Waals surface area contributed by atoms with Crippen LogP contribution in [0.5, 0.6) is 0 Å². The molecule has 0 bridgehead atoms. The molecule has 0 amide bonds. The van der Waals surface area contributed by atoms with Crippen molar-refractivity contribution >= 4 is 5.97 Å². The fourth-order valence-electron chi connectivity index (χ4n) is 1.75. The van der Waals surface area contributed by atoms with Crippen LogP contribution in [0, 0.1) is 0 Å². The molecule has 0 aromatic rings. The molecule has 0 aromatic carbocycles. The minimum absolute atomic E-state index is 0.219. The molecular weight excluding hydrogens is 204 g/mol.